The molecule has 44 heavy (non-hydrogen) atoms. The number of benzene rings is 3. The number of carbonyl (C=O) groups is 3. The lowest BCUT2D eigenvalue weighted by Crippen LogP contribution is -2.74. The molecule has 2 heterocycles. The number of alkyl halides is 3. The molecule has 0 aromatic heterocycles. The normalized spacial score (nSPS) is 20.2. The van der Waals surface area contributed by atoms with Crippen molar-refractivity contribution < 1.29 is 32.7 Å². The van der Waals surface area contributed by atoms with Gasteiger partial charge in [-0.25, -0.2) is 4.79 Å². The number of nitrogens with one attached hydrogen (secondary N) is 1. The number of urea groups is 1. The number of amides is 4. The molecule has 0 radical (unpaired) electrons. The molecular weight excluding hydrogens is 573 g/mol. The zero-order valence-corrected chi connectivity index (χ0v) is 23.7. The van der Waals surface area contributed by atoms with Crippen LogP contribution in [0, 0.1) is 12.3 Å². The Labute approximate surface area is 253 Å². The van der Waals surface area contributed by atoms with Crippen LogP contribution in [-0.4, -0.2) is 62.4 Å². The van der Waals surface area contributed by atoms with Gasteiger partial charge >= 0.3 is 12.2 Å². The minimum Gasteiger partial charge on any atom is -0.508 e. The molecule has 2 aliphatic rings. The van der Waals surface area contributed by atoms with Crippen molar-refractivity contribution in [1.82, 2.24) is 20.0 Å². The zero-order chi connectivity index (χ0) is 31.4. The van der Waals surface area contributed by atoms with Gasteiger partial charge in [0.1, 0.15) is 18.0 Å². The van der Waals surface area contributed by atoms with Crippen LogP contribution < -0.4 is 5.32 Å². The summed E-state index contributed by atoms with van der Waals surface area (Å²) in [5, 5.41) is 12.7. The maximum atomic E-state index is 14.0. The molecule has 228 valence electrons. The number of phenolic OH excluding ortho intramolecular Hbond substituents is 1. The summed E-state index contributed by atoms with van der Waals surface area (Å²) in [6.07, 6.45) is 0.223. The van der Waals surface area contributed by atoms with Crippen LogP contribution in [0.15, 0.2) is 78.9 Å². The first-order chi connectivity index (χ1) is 21.0. The van der Waals surface area contributed by atoms with E-state index in [9.17, 15) is 32.7 Å². The van der Waals surface area contributed by atoms with Gasteiger partial charge in [-0.2, -0.15) is 13.2 Å². The number of hydrogen-bond acceptors (Lipinski definition) is 4. The van der Waals surface area contributed by atoms with Crippen molar-refractivity contribution in [3.05, 3.63) is 101 Å². The minimum atomic E-state index is -4.56. The average Bonchev–Trinajstić information content (AvgIpc) is 2.99. The van der Waals surface area contributed by atoms with Gasteiger partial charge < -0.3 is 20.2 Å². The molecule has 2 N–H and O–H groups in total. The molecule has 5 rings (SSSR count). The third kappa shape index (κ3) is 6.64. The molecular formula is C33H31F3N4O4. The van der Waals surface area contributed by atoms with Crippen LogP contribution in [0.5, 0.6) is 5.75 Å². The number of rotatable bonds is 7. The Morgan fingerprint density at radius 2 is 1.68 bits per heavy atom. The van der Waals surface area contributed by atoms with Gasteiger partial charge in [-0.1, -0.05) is 54.6 Å². The van der Waals surface area contributed by atoms with Gasteiger partial charge in [0.25, 0.3) is 0 Å². The van der Waals surface area contributed by atoms with E-state index in [1.165, 1.54) is 39.0 Å². The molecule has 2 aliphatic heterocycles. The molecule has 3 aromatic carbocycles. The van der Waals surface area contributed by atoms with E-state index in [2.05, 4.69) is 11.2 Å². The lowest BCUT2D eigenvalue weighted by Gasteiger charge is -2.54. The third-order valence-corrected chi connectivity index (χ3v) is 7.92. The fourth-order valence-electron chi connectivity index (χ4n) is 5.85. The number of halogens is 3. The monoisotopic (exact) mass is 604 g/mol. The maximum absolute atomic E-state index is 14.0. The number of piperazine rings is 1. The smallest absolute Gasteiger partial charge is 0.416 e. The number of nitrogens with zero attached hydrogens (tertiary/aromatic N) is 3. The molecule has 0 bridgehead atoms. The highest BCUT2D eigenvalue weighted by atomic mass is 19.4. The van der Waals surface area contributed by atoms with Gasteiger partial charge in [-0.15, -0.1) is 12.3 Å². The number of hydrogen-bond donors (Lipinski definition) is 2. The highest BCUT2D eigenvalue weighted by Crippen LogP contribution is 2.34. The number of phenols is 1. The van der Waals surface area contributed by atoms with E-state index in [4.69, 9.17) is 6.42 Å². The second-order valence-corrected chi connectivity index (χ2v) is 10.9. The van der Waals surface area contributed by atoms with Crippen molar-refractivity contribution in [2.45, 2.75) is 56.8 Å². The van der Waals surface area contributed by atoms with Crippen LogP contribution >= 0.6 is 0 Å². The predicted octanol–water partition coefficient (Wildman–Crippen LogP) is 4.53. The van der Waals surface area contributed by atoms with Crippen LogP contribution in [0.3, 0.4) is 0 Å². The fraction of sp³-hybridized carbons (Fsp3) is 0.303. The summed E-state index contributed by atoms with van der Waals surface area (Å²) in [6.45, 7) is -0.0667. The summed E-state index contributed by atoms with van der Waals surface area (Å²) in [7, 11) is 0. The van der Waals surface area contributed by atoms with E-state index >= 15 is 0 Å². The number of carbonyl (C=O) groups excluding carboxylic acids is 3. The maximum Gasteiger partial charge on any atom is 0.416 e. The highest BCUT2D eigenvalue weighted by molar-refractivity contribution is 5.91. The van der Waals surface area contributed by atoms with Crippen LogP contribution in [0.1, 0.15) is 35.1 Å². The van der Waals surface area contributed by atoms with Crippen LogP contribution in [0.4, 0.5) is 18.0 Å². The Morgan fingerprint density at radius 1 is 0.977 bits per heavy atom. The van der Waals surface area contributed by atoms with Crippen LogP contribution in [0.2, 0.25) is 0 Å². The third-order valence-electron chi connectivity index (χ3n) is 7.92. The highest BCUT2D eigenvalue weighted by Gasteiger charge is 2.51. The molecule has 3 atom stereocenters. The van der Waals surface area contributed by atoms with Gasteiger partial charge in [0.2, 0.25) is 11.8 Å². The van der Waals surface area contributed by atoms with Crippen molar-refractivity contribution in [3.8, 4) is 18.1 Å². The zero-order valence-electron chi connectivity index (χ0n) is 23.7. The molecule has 11 heteroatoms. The molecule has 0 spiro atoms. The van der Waals surface area contributed by atoms with Gasteiger partial charge in [0.15, 0.2) is 0 Å². The first-order valence-corrected chi connectivity index (χ1v) is 14.1. The van der Waals surface area contributed by atoms with Gasteiger partial charge in [-0.3, -0.25) is 14.5 Å². The van der Waals surface area contributed by atoms with Crippen molar-refractivity contribution in [3.63, 3.8) is 0 Å². The Morgan fingerprint density at radius 3 is 2.36 bits per heavy atom. The molecule has 2 saturated heterocycles. The van der Waals surface area contributed by atoms with Crippen LogP contribution in [0.25, 0.3) is 0 Å². The van der Waals surface area contributed by atoms with Gasteiger partial charge in [0, 0.05) is 32.4 Å². The summed E-state index contributed by atoms with van der Waals surface area (Å²) in [4.78, 5) is 45.7. The average molecular weight is 605 g/mol. The summed E-state index contributed by atoms with van der Waals surface area (Å²) in [6, 6.07) is 18.0. The van der Waals surface area contributed by atoms with Crippen LogP contribution in [-0.2, 0) is 35.3 Å². The molecule has 0 saturated carbocycles. The standard InChI is InChI=1S/C33H31F3N4O4/c1-2-7-26-18-30(42)40-28(17-22-12-14-27(41)15-13-22)31(43)38(20-24-10-6-11-25(16-24)33(34,35)36)21-29(40)39(26)32(44)37-19-23-8-4-3-5-9-23/h1,3-6,8-16,26,28-29,41H,7,17-21H2,(H,37,44)/t26?,28-,29+/m0/s1. The van der Waals surface area contributed by atoms with E-state index in [0.717, 1.165) is 17.7 Å². The minimum absolute atomic E-state index is 0.0280. The number of terminal acetylenes is 1. The Bertz CT molecular complexity index is 1560. The fourth-order valence-corrected chi connectivity index (χ4v) is 5.85. The predicted molar refractivity (Wildman–Crippen MR) is 155 cm³/mol. The van der Waals surface area contributed by atoms with E-state index in [0.29, 0.717) is 5.56 Å². The Hall–Kier alpha value is -4.98. The summed E-state index contributed by atoms with van der Waals surface area (Å²) >= 11 is 0. The van der Waals surface area contributed by atoms with Gasteiger partial charge in [0.05, 0.1) is 18.2 Å². The SMILES string of the molecule is C#CCC1CC(=O)N2[C@H](CN(Cc3cccc(C(F)(F)F)c3)C(=O)[C@@H]2Cc2ccc(O)cc2)N1C(=O)NCc1ccccc1. The van der Waals surface area contributed by atoms with E-state index in [1.54, 1.807) is 12.1 Å². The lowest BCUT2D eigenvalue weighted by molar-refractivity contribution is -0.170. The first-order valence-electron chi connectivity index (χ1n) is 14.1. The quantitative estimate of drug-likeness (QED) is 0.388. The summed E-state index contributed by atoms with van der Waals surface area (Å²) < 4.78 is 40.4. The molecule has 8 nitrogen and oxygen atoms in total. The lowest BCUT2D eigenvalue weighted by atomic mass is 9.94. The van der Waals surface area contributed by atoms with Crippen molar-refractivity contribution in [1.29, 1.82) is 0 Å². The number of aromatic hydroxyl groups is 1. The second-order valence-electron chi connectivity index (χ2n) is 10.9. The van der Waals surface area contributed by atoms with Crippen molar-refractivity contribution >= 4 is 17.8 Å². The van der Waals surface area contributed by atoms with Crippen molar-refractivity contribution in [2.24, 2.45) is 0 Å². The molecule has 3 aromatic rings. The Balaban J connectivity index is 1.50. The van der Waals surface area contributed by atoms with E-state index in [1.807, 2.05) is 30.3 Å². The topological polar surface area (TPSA) is 93.2 Å². The second kappa shape index (κ2) is 12.7. The molecule has 0 aliphatic carbocycles. The van der Waals surface area contributed by atoms with Gasteiger partial charge in [-0.05, 0) is 41.0 Å². The summed E-state index contributed by atoms with van der Waals surface area (Å²) in [5.74, 6) is 1.77. The van der Waals surface area contributed by atoms with E-state index in [-0.39, 0.29) is 56.1 Å². The largest absolute Gasteiger partial charge is 0.508 e. The molecule has 1 unspecified atom stereocenters. The molecule has 2 fully saturated rings. The summed E-state index contributed by atoms with van der Waals surface area (Å²) in [5.41, 5.74) is 0.923. The Kier molecular flexibility index (Phi) is 8.81. The number of fused-ring (bicyclic) bond motifs is 1. The van der Waals surface area contributed by atoms with Crippen molar-refractivity contribution in [2.75, 3.05) is 6.54 Å². The first kappa shape index (κ1) is 30.5. The molecule has 4 amide bonds. The van der Waals surface area contributed by atoms with E-state index < -0.39 is 41.9 Å².